The smallest absolute Gasteiger partial charge is 0.341 e. The fourth-order valence-corrected chi connectivity index (χ4v) is 2.12. The van der Waals surface area contributed by atoms with Crippen molar-refractivity contribution in [2.75, 3.05) is 7.11 Å². The summed E-state index contributed by atoms with van der Waals surface area (Å²) in [6.07, 6.45) is 1.55. The molecule has 1 rings (SSSR count). The molecular weight excluding hydrogens is 251 g/mol. The predicted molar refractivity (Wildman–Crippen MR) is 64.0 cm³/mol. The summed E-state index contributed by atoms with van der Waals surface area (Å²) in [6, 6.07) is 1.65. The Morgan fingerprint density at radius 3 is 2.56 bits per heavy atom. The third-order valence-corrected chi connectivity index (χ3v) is 2.90. The molecule has 0 radical (unpaired) electrons. The molecule has 3 nitrogen and oxygen atoms in total. The van der Waals surface area contributed by atoms with E-state index in [1.165, 1.54) is 7.11 Å². The van der Waals surface area contributed by atoms with Crippen molar-refractivity contribution in [2.45, 2.75) is 19.8 Å². The van der Waals surface area contributed by atoms with E-state index in [0.717, 1.165) is 12.0 Å². The zero-order chi connectivity index (χ0) is 12.3. The number of carbonyl (C=O) groups is 1. The minimum atomic E-state index is -1.14. The molecule has 0 fully saturated rings. The Morgan fingerprint density at radius 2 is 2.12 bits per heavy atom. The average Bonchev–Trinajstić information content (AvgIpc) is 2.22. The van der Waals surface area contributed by atoms with Crippen LogP contribution in [-0.2, 0) is 6.42 Å². The number of carboxylic acid groups (broad SMARTS) is 1. The molecule has 0 unspecified atom stereocenters. The van der Waals surface area contributed by atoms with E-state index in [0.29, 0.717) is 6.42 Å². The van der Waals surface area contributed by atoms with Crippen LogP contribution in [-0.4, -0.2) is 18.2 Å². The van der Waals surface area contributed by atoms with Gasteiger partial charge in [-0.15, -0.1) is 0 Å². The van der Waals surface area contributed by atoms with Crippen molar-refractivity contribution in [2.24, 2.45) is 0 Å². The number of hydrogen-bond donors (Lipinski definition) is 1. The molecule has 0 saturated carbocycles. The summed E-state index contributed by atoms with van der Waals surface area (Å²) in [5.41, 5.74) is 0.660. The maximum Gasteiger partial charge on any atom is 0.341 e. The molecule has 1 aromatic rings. The second-order valence-corrected chi connectivity index (χ2v) is 4.08. The van der Waals surface area contributed by atoms with Crippen molar-refractivity contribution < 1.29 is 14.6 Å². The Hall–Kier alpha value is -0.930. The van der Waals surface area contributed by atoms with Gasteiger partial charge < -0.3 is 9.84 Å². The Labute approximate surface area is 104 Å². The van der Waals surface area contributed by atoms with Crippen LogP contribution in [0.2, 0.25) is 10.0 Å². The molecule has 0 saturated heterocycles. The van der Waals surface area contributed by atoms with Gasteiger partial charge in [-0.25, -0.2) is 4.79 Å². The molecular formula is C11H12Cl2O3. The molecule has 1 aromatic carbocycles. The van der Waals surface area contributed by atoms with Crippen LogP contribution < -0.4 is 4.74 Å². The van der Waals surface area contributed by atoms with Gasteiger partial charge >= 0.3 is 5.97 Å². The average molecular weight is 263 g/mol. The fraction of sp³-hybridized carbons (Fsp3) is 0.364. The van der Waals surface area contributed by atoms with Crippen LogP contribution in [0.15, 0.2) is 6.07 Å². The van der Waals surface area contributed by atoms with Gasteiger partial charge in [0.25, 0.3) is 0 Å². The molecule has 0 atom stereocenters. The molecule has 0 aliphatic heterocycles. The van der Waals surface area contributed by atoms with Gasteiger partial charge in [0.05, 0.1) is 17.2 Å². The number of aryl methyl sites for hydroxylation is 1. The van der Waals surface area contributed by atoms with Crippen LogP contribution in [0.3, 0.4) is 0 Å². The lowest BCUT2D eigenvalue weighted by atomic mass is 10.1. The van der Waals surface area contributed by atoms with Crippen LogP contribution >= 0.6 is 23.2 Å². The minimum absolute atomic E-state index is 0.0693. The number of rotatable bonds is 4. The van der Waals surface area contributed by atoms with Gasteiger partial charge in [-0.1, -0.05) is 36.5 Å². The van der Waals surface area contributed by atoms with Crippen LogP contribution in [0.5, 0.6) is 5.75 Å². The van der Waals surface area contributed by atoms with E-state index in [2.05, 4.69) is 0 Å². The zero-order valence-corrected chi connectivity index (χ0v) is 10.5. The maximum absolute atomic E-state index is 11.1. The molecule has 0 spiro atoms. The van der Waals surface area contributed by atoms with Gasteiger partial charge in [-0.2, -0.15) is 0 Å². The number of hydrogen-bond acceptors (Lipinski definition) is 2. The molecule has 0 aliphatic carbocycles. The Morgan fingerprint density at radius 1 is 1.50 bits per heavy atom. The molecule has 0 aliphatic rings. The first-order chi connectivity index (χ1) is 7.52. The number of aromatic carboxylic acids is 1. The number of halogens is 2. The second-order valence-electron chi connectivity index (χ2n) is 3.29. The van der Waals surface area contributed by atoms with E-state index >= 15 is 0 Å². The van der Waals surface area contributed by atoms with Crippen LogP contribution in [0.1, 0.15) is 29.3 Å². The summed E-state index contributed by atoms with van der Waals surface area (Å²) in [6.45, 7) is 1.98. The number of methoxy groups -OCH3 is 1. The SMILES string of the molecule is CCCc1cc(Cl)c(OC)c(C(=O)O)c1Cl. The first kappa shape index (κ1) is 13.1. The van der Waals surface area contributed by atoms with Gasteiger partial charge in [0.2, 0.25) is 0 Å². The van der Waals surface area contributed by atoms with Crippen molar-refractivity contribution in [3.05, 3.63) is 27.2 Å². The van der Waals surface area contributed by atoms with Crippen molar-refractivity contribution in [1.29, 1.82) is 0 Å². The molecule has 0 aromatic heterocycles. The number of ether oxygens (including phenoxy) is 1. The van der Waals surface area contributed by atoms with E-state index in [-0.39, 0.29) is 21.4 Å². The van der Waals surface area contributed by atoms with Crippen LogP contribution in [0.25, 0.3) is 0 Å². The molecule has 5 heteroatoms. The summed E-state index contributed by atoms with van der Waals surface area (Å²) in [5.74, 6) is -1.03. The maximum atomic E-state index is 11.1. The van der Waals surface area contributed by atoms with Crippen LogP contribution in [0.4, 0.5) is 0 Å². The highest BCUT2D eigenvalue weighted by atomic mass is 35.5. The summed E-state index contributed by atoms with van der Waals surface area (Å²) in [4.78, 5) is 11.1. The molecule has 0 amide bonds. The normalized spacial score (nSPS) is 10.2. The second kappa shape index (κ2) is 5.41. The van der Waals surface area contributed by atoms with E-state index < -0.39 is 5.97 Å². The molecule has 0 bridgehead atoms. The highest BCUT2D eigenvalue weighted by Gasteiger charge is 2.21. The fourth-order valence-electron chi connectivity index (χ4n) is 1.50. The largest absolute Gasteiger partial charge is 0.494 e. The first-order valence-electron chi connectivity index (χ1n) is 4.81. The topological polar surface area (TPSA) is 46.5 Å². The van der Waals surface area contributed by atoms with Gasteiger partial charge in [0.15, 0.2) is 5.75 Å². The Balaban J connectivity index is 3.46. The predicted octanol–water partition coefficient (Wildman–Crippen LogP) is 3.65. The van der Waals surface area contributed by atoms with Crippen molar-refractivity contribution in [3.63, 3.8) is 0 Å². The van der Waals surface area contributed by atoms with Crippen molar-refractivity contribution in [1.82, 2.24) is 0 Å². The summed E-state index contributed by atoms with van der Waals surface area (Å²) < 4.78 is 4.95. The van der Waals surface area contributed by atoms with Gasteiger partial charge in [0, 0.05) is 0 Å². The lowest BCUT2D eigenvalue weighted by Crippen LogP contribution is -2.04. The summed E-state index contributed by atoms with van der Waals surface area (Å²) in [5, 5.41) is 9.55. The van der Waals surface area contributed by atoms with Gasteiger partial charge in [0.1, 0.15) is 5.56 Å². The third-order valence-electron chi connectivity index (χ3n) is 2.18. The summed E-state index contributed by atoms with van der Waals surface area (Å²) >= 11 is 12.0. The quantitative estimate of drug-likeness (QED) is 0.901. The van der Waals surface area contributed by atoms with Crippen molar-refractivity contribution >= 4 is 29.2 Å². The van der Waals surface area contributed by atoms with E-state index in [9.17, 15) is 4.79 Å². The summed E-state index contributed by atoms with van der Waals surface area (Å²) in [7, 11) is 1.36. The van der Waals surface area contributed by atoms with E-state index in [4.69, 9.17) is 33.0 Å². The lowest BCUT2D eigenvalue weighted by Gasteiger charge is -2.12. The van der Waals surface area contributed by atoms with E-state index in [1.54, 1.807) is 6.07 Å². The molecule has 16 heavy (non-hydrogen) atoms. The standard InChI is InChI=1S/C11H12Cl2O3/c1-3-4-6-5-7(12)10(16-2)8(9(6)13)11(14)15/h5H,3-4H2,1-2H3,(H,14,15). The van der Waals surface area contributed by atoms with Gasteiger partial charge in [-0.05, 0) is 18.1 Å². The van der Waals surface area contributed by atoms with Gasteiger partial charge in [-0.3, -0.25) is 0 Å². The van der Waals surface area contributed by atoms with Crippen LogP contribution in [0, 0.1) is 0 Å². The minimum Gasteiger partial charge on any atom is -0.494 e. The monoisotopic (exact) mass is 262 g/mol. The Kier molecular flexibility index (Phi) is 4.44. The molecule has 88 valence electrons. The highest BCUT2D eigenvalue weighted by molar-refractivity contribution is 6.37. The Bertz CT molecular complexity index is 416. The number of carboxylic acids is 1. The number of benzene rings is 1. The molecule has 1 N–H and O–H groups in total. The van der Waals surface area contributed by atoms with Crippen molar-refractivity contribution in [3.8, 4) is 5.75 Å². The zero-order valence-electron chi connectivity index (χ0n) is 9.01. The highest BCUT2D eigenvalue weighted by Crippen LogP contribution is 2.37. The third kappa shape index (κ3) is 2.42. The lowest BCUT2D eigenvalue weighted by molar-refractivity contribution is 0.0693. The van der Waals surface area contributed by atoms with E-state index in [1.807, 2.05) is 6.92 Å². The first-order valence-corrected chi connectivity index (χ1v) is 5.56. The molecule has 0 heterocycles.